The summed E-state index contributed by atoms with van der Waals surface area (Å²) in [6.45, 7) is 0. The van der Waals surface area contributed by atoms with Crippen molar-refractivity contribution >= 4 is 65.7 Å². The molecule has 0 spiro atoms. The van der Waals surface area contributed by atoms with E-state index in [1.54, 1.807) is 0 Å². The van der Waals surface area contributed by atoms with Crippen LogP contribution in [0.2, 0.25) is 0 Å². The van der Waals surface area contributed by atoms with E-state index in [0.29, 0.717) is 5.71 Å². The first-order valence-electron chi connectivity index (χ1n) is 17.5. The van der Waals surface area contributed by atoms with E-state index in [-0.39, 0.29) is 0 Å². The minimum atomic E-state index is 0.545. The number of anilines is 1. The van der Waals surface area contributed by atoms with Gasteiger partial charge in [0, 0.05) is 27.6 Å². The molecule has 3 heteroatoms. The largest absolute Gasteiger partial charge is 0.455 e. The number of rotatable bonds is 4. The summed E-state index contributed by atoms with van der Waals surface area (Å²) in [5.41, 5.74) is 16.0. The fraction of sp³-hybridized carbons (Fsp3) is 0. The Kier molecular flexibility index (Phi) is 7.79. The Morgan fingerprint density at radius 1 is 0.423 bits per heavy atom. The molecule has 0 amide bonds. The van der Waals surface area contributed by atoms with Crippen molar-refractivity contribution in [2.24, 2.45) is 0 Å². The number of hydrogen-bond acceptors (Lipinski definition) is 3. The molecule has 3 N–H and O–H groups in total. The van der Waals surface area contributed by atoms with Crippen molar-refractivity contribution in [1.29, 1.82) is 5.41 Å². The molecule has 0 fully saturated rings. The molecule has 10 rings (SSSR count). The fourth-order valence-corrected chi connectivity index (χ4v) is 7.48. The highest BCUT2D eigenvalue weighted by Crippen LogP contribution is 2.44. The molecule has 0 aliphatic rings. The minimum Gasteiger partial charge on any atom is -0.455 e. The van der Waals surface area contributed by atoms with E-state index in [1.807, 2.05) is 84.9 Å². The van der Waals surface area contributed by atoms with Crippen LogP contribution < -0.4 is 5.73 Å². The van der Waals surface area contributed by atoms with Crippen LogP contribution in [0.15, 0.2) is 192 Å². The number of benzene rings is 9. The van der Waals surface area contributed by atoms with Crippen LogP contribution in [0.5, 0.6) is 0 Å². The zero-order valence-corrected chi connectivity index (χ0v) is 28.4. The van der Waals surface area contributed by atoms with Crippen LogP contribution in [-0.4, -0.2) is 5.71 Å². The number of nitrogens with two attached hydrogens (primary N) is 1. The van der Waals surface area contributed by atoms with Crippen LogP contribution in [0, 0.1) is 5.41 Å². The lowest BCUT2D eigenvalue weighted by Crippen LogP contribution is -2.03. The molecule has 0 saturated heterocycles. The van der Waals surface area contributed by atoms with Crippen LogP contribution in [0.25, 0.3) is 76.5 Å². The zero-order chi connectivity index (χ0) is 35.0. The molecular weight excluding hydrogens is 633 g/mol. The van der Waals surface area contributed by atoms with Gasteiger partial charge in [-0.2, -0.15) is 0 Å². The number of para-hydroxylation sites is 1. The molecule has 246 valence electrons. The van der Waals surface area contributed by atoms with E-state index in [9.17, 15) is 0 Å². The van der Waals surface area contributed by atoms with Gasteiger partial charge in [-0.15, -0.1) is 0 Å². The number of hydrogen-bond donors (Lipinski definition) is 2. The first-order valence-corrected chi connectivity index (χ1v) is 17.5. The summed E-state index contributed by atoms with van der Waals surface area (Å²) < 4.78 is 6.32. The number of nitrogen functional groups attached to an aromatic ring is 1. The molecule has 0 unspecified atom stereocenters. The predicted molar refractivity (Wildman–Crippen MR) is 220 cm³/mol. The SMILES string of the molecule is N=C(c1ccc(-c2ccccc2)cc1)c1ccccc1-c1ccccc1.Nc1cc2c3ccccc3c3ccccc3c2c2oc3ccccc3c12. The average molecular weight is 667 g/mol. The molecule has 1 aromatic heterocycles. The van der Waals surface area contributed by atoms with E-state index >= 15 is 0 Å². The van der Waals surface area contributed by atoms with Crippen LogP contribution in [0.3, 0.4) is 0 Å². The van der Waals surface area contributed by atoms with Gasteiger partial charge >= 0.3 is 0 Å². The lowest BCUT2D eigenvalue weighted by Gasteiger charge is -2.12. The summed E-state index contributed by atoms with van der Waals surface area (Å²) in [4.78, 5) is 0. The van der Waals surface area contributed by atoms with Crippen LogP contribution in [-0.2, 0) is 0 Å². The average Bonchev–Trinajstić information content (AvgIpc) is 3.62. The molecule has 10 aromatic rings. The van der Waals surface area contributed by atoms with Gasteiger partial charge in [-0.25, -0.2) is 0 Å². The minimum absolute atomic E-state index is 0.545. The van der Waals surface area contributed by atoms with Gasteiger partial charge in [0.25, 0.3) is 0 Å². The first-order chi connectivity index (χ1) is 25.7. The van der Waals surface area contributed by atoms with Gasteiger partial charge < -0.3 is 10.2 Å². The standard InChI is InChI=1S/C25H19N.C24H15NO/c26-25(22-17-15-20(16-18-22)19-9-3-1-4-10-19)24-14-8-7-13-23(24)21-11-5-2-6-12-21;25-20-13-19-16-9-2-1-7-14(16)15-8-3-4-10-17(15)22(19)24-23(20)18-11-5-6-12-21(18)26-24/h1-18,26H;1-13H,25H2. The highest BCUT2D eigenvalue weighted by Gasteiger charge is 2.18. The van der Waals surface area contributed by atoms with Crippen molar-refractivity contribution in [3.63, 3.8) is 0 Å². The summed E-state index contributed by atoms with van der Waals surface area (Å²) in [5, 5.41) is 18.0. The van der Waals surface area contributed by atoms with Crippen molar-refractivity contribution < 1.29 is 4.42 Å². The van der Waals surface area contributed by atoms with Gasteiger partial charge in [0.1, 0.15) is 11.2 Å². The van der Waals surface area contributed by atoms with Crippen molar-refractivity contribution in [3.8, 4) is 22.3 Å². The Balaban J connectivity index is 0.000000138. The second-order valence-corrected chi connectivity index (χ2v) is 13.0. The third-order valence-electron chi connectivity index (χ3n) is 9.95. The Hall–Kier alpha value is -6.97. The highest BCUT2D eigenvalue weighted by molar-refractivity contribution is 6.34. The van der Waals surface area contributed by atoms with E-state index in [0.717, 1.165) is 60.7 Å². The lowest BCUT2D eigenvalue weighted by molar-refractivity contribution is 0.673. The monoisotopic (exact) mass is 666 g/mol. The van der Waals surface area contributed by atoms with E-state index in [2.05, 4.69) is 103 Å². The molecule has 1 heterocycles. The Morgan fingerprint density at radius 2 is 0.923 bits per heavy atom. The third kappa shape index (κ3) is 5.37. The van der Waals surface area contributed by atoms with Crippen LogP contribution >= 0.6 is 0 Å². The molecule has 52 heavy (non-hydrogen) atoms. The van der Waals surface area contributed by atoms with Crippen molar-refractivity contribution in [1.82, 2.24) is 0 Å². The van der Waals surface area contributed by atoms with E-state index in [1.165, 1.54) is 32.7 Å². The first kappa shape index (κ1) is 31.0. The number of nitrogens with one attached hydrogen (secondary N) is 1. The summed E-state index contributed by atoms with van der Waals surface area (Å²) in [5.74, 6) is 0. The van der Waals surface area contributed by atoms with Gasteiger partial charge in [0.15, 0.2) is 0 Å². The van der Waals surface area contributed by atoms with Crippen molar-refractivity contribution in [2.45, 2.75) is 0 Å². The van der Waals surface area contributed by atoms with Gasteiger partial charge in [-0.1, -0.05) is 176 Å². The van der Waals surface area contributed by atoms with Crippen LogP contribution in [0.1, 0.15) is 11.1 Å². The summed E-state index contributed by atoms with van der Waals surface area (Å²) in [6, 6.07) is 64.2. The predicted octanol–water partition coefficient (Wildman–Crippen LogP) is 13.1. The van der Waals surface area contributed by atoms with E-state index in [4.69, 9.17) is 15.6 Å². The molecule has 0 radical (unpaired) electrons. The van der Waals surface area contributed by atoms with Crippen molar-refractivity contribution in [3.05, 3.63) is 199 Å². The second-order valence-electron chi connectivity index (χ2n) is 13.0. The molecule has 3 nitrogen and oxygen atoms in total. The summed E-state index contributed by atoms with van der Waals surface area (Å²) in [7, 11) is 0. The number of fused-ring (bicyclic) bond motifs is 10. The molecule has 0 saturated carbocycles. The van der Waals surface area contributed by atoms with Gasteiger partial charge in [-0.05, 0) is 61.3 Å². The number of furan rings is 1. The maximum atomic E-state index is 8.74. The molecule has 0 aliphatic carbocycles. The van der Waals surface area contributed by atoms with E-state index < -0.39 is 0 Å². The third-order valence-corrected chi connectivity index (χ3v) is 9.95. The normalized spacial score (nSPS) is 11.2. The molecule has 0 bridgehead atoms. The molecule has 9 aromatic carbocycles. The molecular formula is C49H34N2O. The van der Waals surface area contributed by atoms with Gasteiger partial charge in [0.05, 0.1) is 11.1 Å². The second kappa shape index (κ2) is 13.1. The van der Waals surface area contributed by atoms with Gasteiger partial charge in [0.2, 0.25) is 0 Å². The quantitative estimate of drug-likeness (QED) is 0.112. The summed E-state index contributed by atoms with van der Waals surface area (Å²) in [6.07, 6.45) is 0. The lowest BCUT2D eigenvalue weighted by atomic mass is 9.92. The Morgan fingerprint density at radius 3 is 1.62 bits per heavy atom. The smallest absolute Gasteiger partial charge is 0.145 e. The summed E-state index contributed by atoms with van der Waals surface area (Å²) >= 11 is 0. The topological polar surface area (TPSA) is 63.0 Å². The molecule has 0 aliphatic heterocycles. The van der Waals surface area contributed by atoms with Crippen LogP contribution in [0.4, 0.5) is 5.69 Å². The Bertz CT molecular complexity index is 2910. The maximum Gasteiger partial charge on any atom is 0.145 e. The zero-order valence-electron chi connectivity index (χ0n) is 28.4. The highest BCUT2D eigenvalue weighted by atomic mass is 16.3. The Labute approximate surface area is 301 Å². The molecule has 0 atom stereocenters. The van der Waals surface area contributed by atoms with Gasteiger partial charge in [-0.3, -0.25) is 5.41 Å². The maximum absolute atomic E-state index is 8.74. The van der Waals surface area contributed by atoms with Crippen molar-refractivity contribution in [2.75, 3.05) is 5.73 Å². The fourth-order valence-electron chi connectivity index (χ4n) is 7.48.